The smallest absolute Gasteiger partial charge is 0.329 e. The highest BCUT2D eigenvalue weighted by Gasteiger charge is 2.54. The minimum absolute atomic E-state index is 0.106. The number of hydrogen-bond donors (Lipinski definition) is 3. The highest BCUT2D eigenvalue weighted by Crippen LogP contribution is 2.57. The Labute approximate surface area is 380 Å². The van der Waals surface area contributed by atoms with Crippen LogP contribution in [0.3, 0.4) is 0 Å². The lowest BCUT2D eigenvalue weighted by atomic mass is 9.59. The molecule has 1 saturated carbocycles. The van der Waals surface area contributed by atoms with Crippen molar-refractivity contribution < 1.29 is 28.6 Å². The number of ether oxygens (including phenoxy) is 2. The molecule has 12 heteroatoms. The zero-order valence-electron chi connectivity index (χ0n) is 37.0. The van der Waals surface area contributed by atoms with Gasteiger partial charge in [0.25, 0.3) is 0 Å². The molecule has 5 aromatic rings. The number of aliphatic carboxylic acids is 1. The zero-order valence-corrected chi connectivity index (χ0v) is 37.8. The average Bonchev–Trinajstić information content (AvgIpc) is 3.56. The van der Waals surface area contributed by atoms with Crippen molar-refractivity contribution in [1.29, 1.82) is 0 Å². The van der Waals surface area contributed by atoms with Gasteiger partial charge in [-0.25, -0.2) is 14.2 Å². The number of nitrogens with one attached hydrogen (secondary N) is 1. The van der Waals surface area contributed by atoms with Crippen LogP contribution in [-0.2, 0) is 34.4 Å². The normalized spacial score (nSPS) is 21.7. The zero-order chi connectivity index (χ0) is 45.0. The number of carboxylic acid groups (broad SMARTS) is 1. The molecule has 0 bridgehead atoms. The number of benzene rings is 3. The summed E-state index contributed by atoms with van der Waals surface area (Å²) in [4.78, 5) is 36.7. The van der Waals surface area contributed by atoms with Gasteiger partial charge in [-0.05, 0) is 165 Å². The molecule has 8 rings (SSSR count). The van der Waals surface area contributed by atoms with Crippen molar-refractivity contribution in [3.05, 3.63) is 130 Å². The third kappa shape index (κ3) is 9.70. The molecule has 2 heterocycles. The van der Waals surface area contributed by atoms with Crippen LogP contribution in [0, 0.1) is 17.7 Å². The van der Waals surface area contributed by atoms with Crippen molar-refractivity contribution in [3.8, 4) is 22.6 Å². The largest absolute Gasteiger partial charge is 0.494 e. The van der Waals surface area contributed by atoms with Gasteiger partial charge in [0.1, 0.15) is 28.7 Å². The number of pyridine rings is 2. The van der Waals surface area contributed by atoms with E-state index in [4.69, 9.17) is 26.8 Å². The number of nitrogen functional groups attached to an aromatic ring is 1. The lowest BCUT2D eigenvalue weighted by Crippen LogP contribution is -2.53. The van der Waals surface area contributed by atoms with Gasteiger partial charge in [-0.2, -0.15) is 0 Å². The van der Waals surface area contributed by atoms with Gasteiger partial charge in [0.05, 0.1) is 13.2 Å². The van der Waals surface area contributed by atoms with E-state index in [1.165, 1.54) is 22.8 Å². The number of rotatable bonds is 16. The van der Waals surface area contributed by atoms with Crippen LogP contribution in [0.2, 0.25) is 5.02 Å². The van der Waals surface area contributed by atoms with Gasteiger partial charge in [-0.15, -0.1) is 0 Å². The maximum atomic E-state index is 14.9. The van der Waals surface area contributed by atoms with Gasteiger partial charge in [0.15, 0.2) is 0 Å². The Morgan fingerprint density at radius 1 is 1.02 bits per heavy atom. The standard InChI is InChI=1S/C52H59ClFN5O5/c1-33(32-64-46-18-23-56-45-10-4-7-34(2)49(45)46)25-39-27-36-12-15-42(29-43(36)51(39)19-21-52(22-20-51,50(61)62)58-41-9-5-8-40(53)28-41)63-24-6-11-48(60)59(3)31-38-26-35(13-16-44(38)54)37-14-17-47(55)57-30-37/h5,8-9,12-18,23,26,28-30,33-34,39,58H,4,6-7,10-11,19-22,24-25,27,31-32H2,1-3H3,(H2,55,57)(H,61,62)/t33-,34-,39+,51?,52?/m1/s1. The number of carboxylic acids is 1. The molecule has 1 spiro atoms. The third-order valence-corrected chi connectivity index (χ3v) is 14.3. The molecule has 4 N–H and O–H groups in total. The lowest BCUT2D eigenvalue weighted by molar-refractivity contribution is -0.144. The van der Waals surface area contributed by atoms with E-state index in [1.54, 1.807) is 48.5 Å². The van der Waals surface area contributed by atoms with Crippen LogP contribution in [0.5, 0.6) is 11.5 Å². The fourth-order valence-electron chi connectivity index (χ4n) is 10.6. The second-order valence-electron chi connectivity index (χ2n) is 18.5. The number of nitrogens with zero attached hydrogens (tertiary/aromatic N) is 3. The van der Waals surface area contributed by atoms with E-state index in [0.29, 0.717) is 73.3 Å². The maximum Gasteiger partial charge on any atom is 0.329 e. The summed E-state index contributed by atoms with van der Waals surface area (Å²) in [6, 6.07) is 24.0. The predicted octanol–water partition coefficient (Wildman–Crippen LogP) is 10.8. The number of fused-ring (bicyclic) bond motifs is 3. The van der Waals surface area contributed by atoms with Gasteiger partial charge in [0.2, 0.25) is 5.91 Å². The average molecular weight is 889 g/mol. The summed E-state index contributed by atoms with van der Waals surface area (Å²) < 4.78 is 27.8. The van der Waals surface area contributed by atoms with Crippen LogP contribution >= 0.6 is 11.6 Å². The summed E-state index contributed by atoms with van der Waals surface area (Å²) in [5.41, 5.74) is 12.0. The van der Waals surface area contributed by atoms with Gasteiger partial charge in [-0.3, -0.25) is 9.78 Å². The molecule has 3 aliphatic rings. The second kappa shape index (κ2) is 19.2. The Kier molecular flexibility index (Phi) is 13.5. The van der Waals surface area contributed by atoms with Gasteiger partial charge < -0.3 is 30.5 Å². The Morgan fingerprint density at radius 3 is 2.59 bits per heavy atom. The number of hydrogen-bond acceptors (Lipinski definition) is 8. The fraction of sp³-hybridized carbons (Fsp3) is 0.423. The molecule has 3 aliphatic carbocycles. The van der Waals surface area contributed by atoms with E-state index < -0.39 is 11.5 Å². The molecule has 0 unspecified atom stereocenters. The Hall–Kier alpha value is -5.68. The second-order valence-corrected chi connectivity index (χ2v) is 18.9. The van der Waals surface area contributed by atoms with Crippen molar-refractivity contribution in [2.24, 2.45) is 11.8 Å². The van der Waals surface area contributed by atoms with Crippen LogP contribution in [0.1, 0.15) is 106 Å². The summed E-state index contributed by atoms with van der Waals surface area (Å²) in [7, 11) is 1.68. The van der Waals surface area contributed by atoms with E-state index >= 15 is 0 Å². The van der Waals surface area contributed by atoms with Crippen LogP contribution in [0.25, 0.3) is 11.1 Å². The first-order chi connectivity index (χ1) is 30.8. The van der Waals surface area contributed by atoms with Crippen LogP contribution in [0.15, 0.2) is 91.3 Å². The summed E-state index contributed by atoms with van der Waals surface area (Å²) in [6.07, 6.45) is 11.6. The maximum absolute atomic E-state index is 14.9. The molecular weight excluding hydrogens is 829 g/mol. The number of carbonyl (C=O) groups excluding carboxylic acids is 1. The Balaban J connectivity index is 0.940. The molecule has 0 radical (unpaired) electrons. The molecule has 2 aromatic heterocycles. The number of carbonyl (C=O) groups is 2. The number of aryl methyl sites for hydroxylation is 1. The first-order valence-electron chi connectivity index (χ1n) is 22.7. The van der Waals surface area contributed by atoms with Crippen molar-refractivity contribution in [2.45, 2.75) is 108 Å². The molecule has 1 fully saturated rings. The number of anilines is 2. The predicted molar refractivity (Wildman–Crippen MR) is 249 cm³/mol. The fourth-order valence-corrected chi connectivity index (χ4v) is 10.8. The quantitative estimate of drug-likeness (QED) is 0.0826. The molecule has 3 atom stereocenters. The van der Waals surface area contributed by atoms with E-state index in [9.17, 15) is 19.1 Å². The molecule has 10 nitrogen and oxygen atoms in total. The number of halogens is 2. The molecule has 3 aromatic carbocycles. The molecule has 0 aliphatic heterocycles. The van der Waals surface area contributed by atoms with Gasteiger partial charge in [-0.1, -0.05) is 43.6 Å². The van der Waals surface area contributed by atoms with Crippen molar-refractivity contribution in [3.63, 3.8) is 0 Å². The summed E-state index contributed by atoms with van der Waals surface area (Å²) in [5, 5.41) is 14.7. The minimum Gasteiger partial charge on any atom is -0.494 e. The Bertz CT molecular complexity index is 2470. The molecule has 336 valence electrons. The first kappa shape index (κ1) is 44.9. The number of aromatic nitrogens is 2. The first-order valence-corrected chi connectivity index (χ1v) is 23.1. The Morgan fingerprint density at radius 2 is 1.83 bits per heavy atom. The molecule has 64 heavy (non-hydrogen) atoms. The third-order valence-electron chi connectivity index (χ3n) is 14.1. The molecule has 1 amide bonds. The highest BCUT2D eigenvalue weighted by molar-refractivity contribution is 6.30. The van der Waals surface area contributed by atoms with Crippen LogP contribution < -0.4 is 20.5 Å². The number of nitrogens with two attached hydrogens (primary N) is 1. The minimum atomic E-state index is -1.13. The van der Waals surface area contributed by atoms with E-state index in [1.807, 2.05) is 36.5 Å². The van der Waals surface area contributed by atoms with Crippen molar-refractivity contribution in [2.75, 3.05) is 31.3 Å². The summed E-state index contributed by atoms with van der Waals surface area (Å²) in [5.74, 6) is 1.70. The SMILES string of the molecule is C[C@@H](COc1ccnc2c1[C@H](C)CCC2)C[C@H]1Cc2ccc(OCCCC(=O)N(C)Cc3cc(-c4ccc(N)nc4)ccc3F)cc2C12CCC(Nc1cccc(Cl)c1)(C(=O)O)CC2. The van der Waals surface area contributed by atoms with Crippen LogP contribution in [-0.4, -0.2) is 57.7 Å². The van der Waals surface area contributed by atoms with E-state index in [0.717, 1.165) is 60.4 Å². The molecular formula is C52H59ClFN5O5. The monoisotopic (exact) mass is 887 g/mol. The van der Waals surface area contributed by atoms with Gasteiger partial charge in [0, 0.05) is 65.5 Å². The van der Waals surface area contributed by atoms with Crippen molar-refractivity contribution >= 4 is 35.0 Å². The van der Waals surface area contributed by atoms with Crippen LogP contribution in [0.4, 0.5) is 15.9 Å². The van der Waals surface area contributed by atoms with Gasteiger partial charge >= 0.3 is 5.97 Å². The summed E-state index contributed by atoms with van der Waals surface area (Å²) >= 11 is 6.32. The lowest BCUT2D eigenvalue weighted by Gasteiger charge is -2.47. The van der Waals surface area contributed by atoms with E-state index in [-0.39, 0.29) is 41.9 Å². The molecule has 0 saturated heterocycles. The highest BCUT2D eigenvalue weighted by atomic mass is 35.5. The number of amides is 1. The van der Waals surface area contributed by atoms with Crippen molar-refractivity contribution in [1.82, 2.24) is 14.9 Å². The topological polar surface area (TPSA) is 140 Å². The van der Waals surface area contributed by atoms with E-state index in [2.05, 4.69) is 41.3 Å². The summed E-state index contributed by atoms with van der Waals surface area (Å²) in [6.45, 7) is 5.58.